The van der Waals surface area contributed by atoms with Crippen LogP contribution in [-0.4, -0.2) is 38.0 Å². The van der Waals surface area contributed by atoms with Gasteiger partial charge in [-0.2, -0.15) is 0 Å². The van der Waals surface area contributed by atoms with E-state index in [0.29, 0.717) is 0 Å². The molecule has 0 amide bonds. The average molecular weight is 272 g/mol. The van der Waals surface area contributed by atoms with Crippen molar-refractivity contribution in [2.45, 2.75) is 0 Å². The van der Waals surface area contributed by atoms with E-state index in [1.807, 2.05) is 38.4 Å². The predicted molar refractivity (Wildman–Crippen MR) is 77.3 cm³/mol. The first kappa shape index (κ1) is 13.9. The second kappa shape index (κ2) is 6.06. The molecule has 1 aromatic rings. The van der Waals surface area contributed by atoms with Gasteiger partial charge in [-0.3, -0.25) is 0 Å². The van der Waals surface area contributed by atoms with Crippen molar-refractivity contribution in [2.75, 3.05) is 21.2 Å². The third-order valence-electron chi connectivity index (χ3n) is 2.56. The van der Waals surface area contributed by atoms with Gasteiger partial charge in [0.2, 0.25) is 5.90 Å². The summed E-state index contributed by atoms with van der Waals surface area (Å²) < 4.78 is 10.3. The Labute approximate surface area is 117 Å². The van der Waals surface area contributed by atoms with E-state index in [2.05, 4.69) is 4.99 Å². The Morgan fingerprint density at radius 2 is 2.00 bits per heavy atom. The first-order valence-electron chi connectivity index (χ1n) is 6.10. The summed E-state index contributed by atoms with van der Waals surface area (Å²) in [5.74, 6) is 0.574. The molecule has 0 saturated carbocycles. The van der Waals surface area contributed by atoms with Crippen LogP contribution < -0.4 is 4.74 Å². The zero-order valence-corrected chi connectivity index (χ0v) is 11.7. The highest BCUT2D eigenvalue weighted by Gasteiger charge is 2.21. The van der Waals surface area contributed by atoms with Gasteiger partial charge in [-0.1, -0.05) is 18.2 Å². The zero-order valence-electron chi connectivity index (χ0n) is 11.7. The van der Waals surface area contributed by atoms with Crippen molar-refractivity contribution in [3.63, 3.8) is 0 Å². The van der Waals surface area contributed by atoms with E-state index in [9.17, 15) is 4.79 Å². The molecule has 0 spiro atoms. The Kier molecular flexibility index (Phi) is 4.20. The molecular weight excluding hydrogens is 256 g/mol. The van der Waals surface area contributed by atoms with Crippen LogP contribution in [0.1, 0.15) is 5.56 Å². The van der Waals surface area contributed by atoms with E-state index >= 15 is 0 Å². The molecule has 0 aromatic heterocycles. The van der Waals surface area contributed by atoms with Crippen LogP contribution in [0.15, 0.2) is 47.2 Å². The summed E-state index contributed by atoms with van der Waals surface area (Å²) in [5.41, 5.74) is 1.17. The number of esters is 1. The number of rotatable bonds is 4. The lowest BCUT2D eigenvalue weighted by Crippen LogP contribution is -2.06. The number of cyclic esters (lactones) is 1. The van der Waals surface area contributed by atoms with Crippen molar-refractivity contribution in [3.05, 3.63) is 47.8 Å². The van der Waals surface area contributed by atoms with Crippen molar-refractivity contribution in [3.8, 4) is 5.75 Å². The summed E-state index contributed by atoms with van der Waals surface area (Å²) >= 11 is 0. The van der Waals surface area contributed by atoms with Crippen LogP contribution in [0.4, 0.5) is 0 Å². The molecule has 0 saturated heterocycles. The molecular formula is C15H16N2O3. The molecule has 1 heterocycles. The number of benzene rings is 1. The summed E-state index contributed by atoms with van der Waals surface area (Å²) in [5, 5.41) is 0. The van der Waals surface area contributed by atoms with Gasteiger partial charge in [-0.05, 0) is 12.1 Å². The Balaban J connectivity index is 2.18. The highest BCUT2D eigenvalue weighted by atomic mass is 16.6. The number of carbonyl (C=O) groups is 1. The number of para-hydroxylation sites is 1. The topological polar surface area (TPSA) is 51.1 Å². The summed E-state index contributed by atoms with van der Waals surface area (Å²) in [6.45, 7) is 0. The zero-order chi connectivity index (χ0) is 14.5. The van der Waals surface area contributed by atoms with Crippen molar-refractivity contribution in [1.29, 1.82) is 0 Å². The third kappa shape index (κ3) is 3.26. The van der Waals surface area contributed by atoms with Gasteiger partial charge in [0, 0.05) is 31.9 Å². The van der Waals surface area contributed by atoms with Gasteiger partial charge in [-0.15, -0.1) is 0 Å². The van der Waals surface area contributed by atoms with E-state index < -0.39 is 5.97 Å². The van der Waals surface area contributed by atoms with Crippen molar-refractivity contribution in [1.82, 2.24) is 4.90 Å². The number of ether oxygens (including phenoxy) is 2. The van der Waals surface area contributed by atoms with Gasteiger partial charge >= 0.3 is 5.97 Å². The number of hydrogen-bond donors (Lipinski definition) is 0. The molecule has 0 fully saturated rings. The van der Waals surface area contributed by atoms with Gasteiger partial charge in [0.05, 0.1) is 7.11 Å². The Bertz CT molecular complexity index is 601. The summed E-state index contributed by atoms with van der Waals surface area (Å²) in [6, 6.07) is 7.56. The van der Waals surface area contributed by atoms with E-state index in [4.69, 9.17) is 9.47 Å². The average Bonchev–Trinajstić information content (AvgIpc) is 2.76. The second-order valence-corrected chi connectivity index (χ2v) is 4.39. The minimum atomic E-state index is -0.446. The molecule has 2 rings (SSSR count). The molecule has 0 unspecified atom stereocenters. The number of hydrogen-bond acceptors (Lipinski definition) is 5. The highest BCUT2D eigenvalue weighted by molar-refractivity contribution is 6.09. The largest absolute Gasteiger partial charge is 0.496 e. The van der Waals surface area contributed by atoms with Crippen LogP contribution in [-0.2, 0) is 9.53 Å². The van der Waals surface area contributed by atoms with Gasteiger partial charge < -0.3 is 14.4 Å². The summed E-state index contributed by atoms with van der Waals surface area (Å²) in [4.78, 5) is 17.4. The molecule has 0 bridgehead atoms. The fourth-order valence-electron chi connectivity index (χ4n) is 1.70. The lowest BCUT2D eigenvalue weighted by molar-refractivity contribution is -0.130. The Hall–Kier alpha value is -2.56. The minimum Gasteiger partial charge on any atom is -0.496 e. The maximum absolute atomic E-state index is 11.6. The standard InChI is InChI=1S/C15H16N2O3/c1-17(2)10-12-15(18)20-14(16-12)9-8-11-6-4-5-7-13(11)19-3/h4-10H,1-3H3. The molecule has 0 aliphatic carbocycles. The molecule has 5 nitrogen and oxygen atoms in total. The molecule has 104 valence electrons. The lowest BCUT2D eigenvalue weighted by atomic mass is 10.2. The quantitative estimate of drug-likeness (QED) is 0.622. The lowest BCUT2D eigenvalue weighted by Gasteiger charge is -2.02. The second-order valence-electron chi connectivity index (χ2n) is 4.39. The minimum absolute atomic E-state index is 0.272. The number of aliphatic imine (C=N–C) groups is 1. The maximum atomic E-state index is 11.6. The normalized spacial score (nSPS) is 16.4. The van der Waals surface area contributed by atoms with Crippen LogP contribution in [0.2, 0.25) is 0 Å². The van der Waals surface area contributed by atoms with Crippen LogP contribution in [0, 0.1) is 0 Å². The van der Waals surface area contributed by atoms with Crippen molar-refractivity contribution >= 4 is 17.9 Å². The molecule has 5 heteroatoms. The molecule has 0 radical (unpaired) electrons. The van der Waals surface area contributed by atoms with E-state index in [1.165, 1.54) is 0 Å². The van der Waals surface area contributed by atoms with E-state index in [-0.39, 0.29) is 11.6 Å². The Morgan fingerprint density at radius 1 is 1.25 bits per heavy atom. The predicted octanol–water partition coefficient (Wildman–Crippen LogP) is 2.07. The number of carbonyl (C=O) groups excluding carboxylic acids is 1. The first-order valence-corrected chi connectivity index (χ1v) is 6.10. The van der Waals surface area contributed by atoms with Gasteiger partial charge in [0.1, 0.15) is 5.75 Å². The van der Waals surface area contributed by atoms with Crippen LogP contribution >= 0.6 is 0 Å². The summed E-state index contributed by atoms with van der Waals surface area (Å²) in [6.07, 6.45) is 5.06. The molecule has 1 aromatic carbocycles. The molecule has 1 aliphatic rings. The Morgan fingerprint density at radius 3 is 2.70 bits per heavy atom. The van der Waals surface area contributed by atoms with Crippen LogP contribution in [0.25, 0.3) is 6.08 Å². The highest BCUT2D eigenvalue weighted by Crippen LogP contribution is 2.19. The van der Waals surface area contributed by atoms with E-state index in [0.717, 1.165) is 11.3 Å². The fourth-order valence-corrected chi connectivity index (χ4v) is 1.70. The number of nitrogens with zero attached hydrogens (tertiary/aromatic N) is 2. The van der Waals surface area contributed by atoms with Crippen LogP contribution in [0.5, 0.6) is 5.75 Å². The van der Waals surface area contributed by atoms with E-state index in [1.54, 1.807) is 30.4 Å². The smallest absolute Gasteiger partial charge is 0.365 e. The van der Waals surface area contributed by atoms with Gasteiger partial charge in [0.25, 0.3) is 0 Å². The maximum Gasteiger partial charge on any atom is 0.365 e. The van der Waals surface area contributed by atoms with Crippen molar-refractivity contribution in [2.24, 2.45) is 4.99 Å². The van der Waals surface area contributed by atoms with Gasteiger partial charge in [-0.25, -0.2) is 9.79 Å². The third-order valence-corrected chi connectivity index (χ3v) is 2.56. The molecule has 1 aliphatic heterocycles. The fraction of sp³-hybridized carbons (Fsp3) is 0.200. The molecule has 20 heavy (non-hydrogen) atoms. The monoisotopic (exact) mass is 272 g/mol. The SMILES string of the molecule is COc1ccccc1C=CC1=NC(=CN(C)C)C(=O)O1. The van der Waals surface area contributed by atoms with Crippen LogP contribution in [0.3, 0.4) is 0 Å². The van der Waals surface area contributed by atoms with Gasteiger partial charge in [0.15, 0.2) is 5.70 Å². The van der Waals surface area contributed by atoms with Crippen molar-refractivity contribution < 1.29 is 14.3 Å². The summed E-state index contributed by atoms with van der Waals surface area (Å²) in [7, 11) is 5.24. The molecule has 0 atom stereocenters. The first-order chi connectivity index (χ1) is 9.60. The molecule has 0 N–H and O–H groups in total. The number of methoxy groups -OCH3 is 1.